The molecule has 2 aromatic rings. The van der Waals surface area contributed by atoms with Crippen LogP contribution < -0.4 is 5.32 Å². The molecule has 0 aliphatic heterocycles. The first-order valence-corrected chi connectivity index (χ1v) is 7.81. The van der Waals surface area contributed by atoms with Crippen molar-refractivity contribution in [3.63, 3.8) is 0 Å². The van der Waals surface area contributed by atoms with Gasteiger partial charge in [0, 0.05) is 19.0 Å². The van der Waals surface area contributed by atoms with Crippen molar-refractivity contribution in [2.75, 3.05) is 6.54 Å². The van der Waals surface area contributed by atoms with Crippen molar-refractivity contribution < 1.29 is 17.6 Å². The lowest BCUT2D eigenvalue weighted by Gasteiger charge is -2.22. The zero-order chi connectivity index (χ0) is 16.3. The summed E-state index contributed by atoms with van der Waals surface area (Å²) in [6.45, 7) is 0.743. The lowest BCUT2D eigenvalue weighted by molar-refractivity contribution is -0.137. The number of nitrogens with one attached hydrogen (secondary N) is 1. The number of hydrogen-bond acceptors (Lipinski definition) is 3. The highest BCUT2D eigenvalue weighted by atomic mass is 19.4. The molecule has 0 spiro atoms. The molecule has 0 saturated heterocycles. The van der Waals surface area contributed by atoms with Crippen LogP contribution in [0.5, 0.6) is 0 Å². The van der Waals surface area contributed by atoms with E-state index in [0.717, 1.165) is 49.6 Å². The summed E-state index contributed by atoms with van der Waals surface area (Å²) in [4.78, 5) is 4.06. The zero-order valence-electron chi connectivity index (χ0n) is 12.6. The number of rotatable bonds is 5. The second-order valence-electron chi connectivity index (χ2n) is 5.95. The number of nitrogens with zero attached hydrogens (tertiary/aromatic N) is 1. The van der Waals surface area contributed by atoms with Gasteiger partial charge in [0.25, 0.3) is 0 Å². The van der Waals surface area contributed by atoms with Gasteiger partial charge < -0.3 is 9.73 Å². The number of oxazole rings is 1. The molecular formula is C17H19F3N2O. The highest BCUT2D eigenvalue weighted by Crippen LogP contribution is 2.37. The summed E-state index contributed by atoms with van der Waals surface area (Å²) in [5.41, 5.74) is 1.09. The van der Waals surface area contributed by atoms with Crippen molar-refractivity contribution in [3.8, 4) is 0 Å². The molecule has 3 nitrogen and oxygen atoms in total. The molecular weight excluding hydrogens is 305 g/mol. The lowest BCUT2D eigenvalue weighted by Crippen LogP contribution is -2.33. The number of halogens is 3. The number of aromatic nitrogens is 1. The maximum Gasteiger partial charge on any atom is 0.416 e. The van der Waals surface area contributed by atoms with E-state index < -0.39 is 11.7 Å². The second-order valence-corrected chi connectivity index (χ2v) is 5.95. The highest BCUT2D eigenvalue weighted by molar-refractivity contribution is 5.30. The van der Waals surface area contributed by atoms with Crippen molar-refractivity contribution in [1.82, 2.24) is 10.3 Å². The van der Waals surface area contributed by atoms with Crippen LogP contribution in [0.2, 0.25) is 0 Å². The van der Waals surface area contributed by atoms with Crippen LogP contribution in [-0.2, 0) is 12.6 Å². The van der Waals surface area contributed by atoms with Crippen LogP contribution in [0.1, 0.15) is 42.0 Å². The molecule has 2 atom stereocenters. The SMILES string of the molecule is FC(F)(F)c1cccc(C2CCCC2NCCc2cocn2)c1. The molecule has 1 heterocycles. The van der Waals surface area contributed by atoms with Crippen LogP contribution in [0.25, 0.3) is 0 Å². The van der Waals surface area contributed by atoms with Crippen molar-refractivity contribution in [2.45, 2.75) is 43.8 Å². The van der Waals surface area contributed by atoms with E-state index in [9.17, 15) is 13.2 Å². The Hall–Kier alpha value is -1.82. The molecule has 1 N–H and O–H groups in total. The third-order valence-electron chi connectivity index (χ3n) is 4.43. The topological polar surface area (TPSA) is 38.1 Å². The molecule has 1 saturated carbocycles. The maximum absolute atomic E-state index is 12.9. The molecule has 1 aliphatic rings. The monoisotopic (exact) mass is 324 g/mol. The van der Waals surface area contributed by atoms with E-state index >= 15 is 0 Å². The number of benzene rings is 1. The Morgan fingerprint density at radius 1 is 1.26 bits per heavy atom. The van der Waals surface area contributed by atoms with Gasteiger partial charge in [0.05, 0.1) is 11.3 Å². The van der Waals surface area contributed by atoms with Crippen LogP contribution in [0, 0.1) is 0 Å². The van der Waals surface area contributed by atoms with Gasteiger partial charge in [0.2, 0.25) is 0 Å². The lowest BCUT2D eigenvalue weighted by atomic mass is 9.92. The van der Waals surface area contributed by atoms with Gasteiger partial charge in [-0.2, -0.15) is 13.2 Å². The Morgan fingerprint density at radius 2 is 2.13 bits per heavy atom. The smallest absolute Gasteiger partial charge is 0.416 e. The molecule has 124 valence electrons. The minimum atomic E-state index is -4.29. The molecule has 6 heteroatoms. The Balaban J connectivity index is 1.64. The minimum absolute atomic E-state index is 0.134. The summed E-state index contributed by atoms with van der Waals surface area (Å²) in [5.74, 6) is 0.134. The predicted molar refractivity (Wildman–Crippen MR) is 80.0 cm³/mol. The van der Waals surface area contributed by atoms with Crippen molar-refractivity contribution in [3.05, 3.63) is 53.7 Å². The fourth-order valence-corrected chi connectivity index (χ4v) is 3.30. The third kappa shape index (κ3) is 3.93. The van der Waals surface area contributed by atoms with Gasteiger partial charge >= 0.3 is 6.18 Å². The van der Waals surface area contributed by atoms with Gasteiger partial charge in [-0.1, -0.05) is 24.6 Å². The molecule has 0 radical (unpaired) electrons. The van der Waals surface area contributed by atoms with Gasteiger partial charge in [-0.15, -0.1) is 0 Å². The largest absolute Gasteiger partial charge is 0.451 e. The normalized spacial score (nSPS) is 21.7. The fourth-order valence-electron chi connectivity index (χ4n) is 3.30. The second kappa shape index (κ2) is 6.74. The highest BCUT2D eigenvalue weighted by Gasteiger charge is 2.33. The first kappa shape index (κ1) is 16.1. The van der Waals surface area contributed by atoms with Gasteiger partial charge in [0.15, 0.2) is 6.39 Å². The van der Waals surface area contributed by atoms with Gasteiger partial charge in [-0.05, 0) is 30.4 Å². The van der Waals surface area contributed by atoms with Gasteiger partial charge in [0.1, 0.15) is 6.26 Å². The Labute approximate surface area is 132 Å². The molecule has 2 unspecified atom stereocenters. The van der Waals surface area contributed by atoms with Crippen LogP contribution in [0.15, 0.2) is 41.3 Å². The van der Waals surface area contributed by atoms with Crippen molar-refractivity contribution >= 4 is 0 Å². The number of hydrogen-bond donors (Lipinski definition) is 1. The standard InChI is InChI=1S/C17H19F3N2O/c18-17(19,20)13-4-1-3-12(9-13)15-5-2-6-16(15)21-8-7-14-10-23-11-22-14/h1,3-4,9-11,15-16,21H,2,5-8H2. The average molecular weight is 324 g/mol. The summed E-state index contributed by atoms with van der Waals surface area (Å²) in [5, 5.41) is 3.46. The first-order valence-electron chi connectivity index (χ1n) is 7.81. The summed E-state index contributed by atoms with van der Waals surface area (Å²) >= 11 is 0. The van der Waals surface area contributed by atoms with Crippen LogP contribution in [0.4, 0.5) is 13.2 Å². The summed E-state index contributed by atoms with van der Waals surface area (Å²) in [6.07, 6.45) is 2.41. The van der Waals surface area contributed by atoms with E-state index in [1.54, 1.807) is 12.3 Å². The van der Waals surface area contributed by atoms with E-state index in [-0.39, 0.29) is 12.0 Å². The Morgan fingerprint density at radius 3 is 2.87 bits per heavy atom. The first-order chi connectivity index (χ1) is 11.0. The molecule has 0 bridgehead atoms. The summed E-state index contributed by atoms with van der Waals surface area (Å²) in [6, 6.07) is 5.94. The Bertz CT molecular complexity index is 625. The van der Waals surface area contributed by atoms with Crippen LogP contribution in [0.3, 0.4) is 0 Å². The number of alkyl halides is 3. The van der Waals surface area contributed by atoms with Crippen molar-refractivity contribution in [1.29, 1.82) is 0 Å². The third-order valence-corrected chi connectivity index (χ3v) is 4.43. The summed E-state index contributed by atoms with van der Waals surface area (Å²) < 4.78 is 43.6. The molecule has 1 aromatic heterocycles. The summed E-state index contributed by atoms with van der Waals surface area (Å²) in [7, 11) is 0. The predicted octanol–water partition coefficient (Wildman–Crippen LogP) is 4.16. The quantitative estimate of drug-likeness (QED) is 0.897. The molecule has 1 aliphatic carbocycles. The fraction of sp³-hybridized carbons (Fsp3) is 0.471. The van der Waals surface area contributed by atoms with E-state index in [1.807, 2.05) is 0 Å². The minimum Gasteiger partial charge on any atom is -0.451 e. The maximum atomic E-state index is 12.9. The molecule has 1 aromatic carbocycles. The van der Waals surface area contributed by atoms with E-state index in [4.69, 9.17) is 4.42 Å². The van der Waals surface area contributed by atoms with Crippen LogP contribution in [-0.4, -0.2) is 17.6 Å². The Kier molecular flexibility index (Phi) is 4.71. The van der Waals surface area contributed by atoms with E-state index in [0.29, 0.717) is 0 Å². The van der Waals surface area contributed by atoms with Gasteiger partial charge in [-0.25, -0.2) is 4.98 Å². The molecule has 3 rings (SSSR count). The van der Waals surface area contributed by atoms with Crippen LogP contribution >= 0.6 is 0 Å². The molecule has 23 heavy (non-hydrogen) atoms. The van der Waals surface area contributed by atoms with Crippen molar-refractivity contribution in [2.24, 2.45) is 0 Å². The zero-order valence-corrected chi connectivity index (χ0v) is 12.6. The molecule has 0 amide bonds. The van der Waals surface area contributed by atoms with Gasteiger partial charge in [-0.3, -0.25) is 0 Å². The van der Waals surface area contributed by atoms with E-state index in [2.05, 4.69) is 10.3 Å². The average Bonchev–Trinajstić information content (AvgIpc) is 3.18. The molecule has 1 fully saturated rings. The van der Waals surface area contributed by atoms with E-state index in [1.165, 1.54) is 18.5 Å².